The molecule has 203 valence electrons. The first-order valence-electron chi connectivity index (χ1n) is 13.4. The molecule has 0 aliphatic rings. The normalized spacial score (nSPS) is 11.4. The predicted molar refractivity (Wildman–Crippen MR) is 163 cm³/mol. The van der Waals surface area contributed by atoms with Crippen LogP contribution in [0.3, 0.4) is 0 Å². The minimum Gasteiger partial charge on any atom is -0.501 e. The third kappa shape index (κ3) is 6.20. The summed E-state index contributed by atoms with van der Waals surface area (Å²) < 4.78 is 5.97. The molecule has 0 N–H and O–H groups in total. The van der Waals surface area contributed by atoms with Crippen molar-refractivity contribution in [1.82, 2.24) is 9.97 Å². The number of hydrogen-bond acceptors (Lipinski definition) is 3. The molecule has 1 atom stereocenters. The summed E-state index contributed by atoms with van der Waals surface area (Å²) in [6.07, 6.45) is 3.67. The first-order valence-corrected chi connectivity index (χ1v) is 13.4. The Labute approximate surface area is 254 Å². The van der Waals surface area contributed by atoms with E-state index in [1.807, 2.05) is 60.8 Å². The Morgan fingerprint density at radius 1 is 0.683 bits per heavy atom. The van der Waals surface area contributed by atoms with E-state index >= 15 is 0 Å². The molecule has 41 heavy (non-hydrogen) atoms. The van der Waals surface area contributed by atoms with Crippen molar-refractivity contribution >= 4 is 21.9 Å². The van der Waals surface area contributed by atoms with Crippen LogP contribution in [-0.2, 0) is 20.1 Å². The molecule has 4 aromatic carbocycles. The van der Waals surface area contributed by atoms with Crippen LogP contribution >= 0.6 is 0 Å². The molecule has 0 spiro atoms. The Kier molecular flexibility index (Phi) is 8.84. The third-order valence-corrected chi connectivity index (χ3v) is 7.09. The SMILES string of the molecule is Cc1c[c-]c(-c2cc(C(C)c3ccccc3)ccn2)cc1.[Ir].[c-]1ccc2c(oc3ccccc32)c1-c1ccccn1. The van der Waals surface area contributed by atoms with Gasteiger partial charge in [-0.25, -0.2) is 0 Å². The Bertz CT molecular complexity index is 1860. The van der Waals surface area contributed by atoms with Gasteiger partial charge in [0.25, 0.3) is 0 Å². The Morgan fingerprint density at radius 2 is 1.46 bits per heavy atom. The van der Waals surface area contributed by atoms with Crippen LogP contribution in [0.1, 0.15) is 29.5 Å². The molecular weight excluding hydrogens is 681 g/mol. The molecule has 7 aromatic rings. The van der Waals surface area contributed by atoms with E-state index in [0.717, 1.165) is 44.5 Å². The maximum atomic E-state index is 5.97. The van der Waals surface area contributed by atoms with Crippen LogP contribution < -0.4 is 0 Å². The van der Waals surface area contributed by atoms with Gasteiger partial charge in [0.15, 0.2) is 0 Å². The molecule has 0 aliphatic carbocycles. The average molecular weight is 709 g/mol. The molecule has 0 aliphatic heterocycles. The zero-order valence-corrected chi connectivity index (χ0v) is 25.2. The van der Waals surface area contributed by atoms with Gasteiger partial charge in [0, 0.05) is 43.8 Å². The molecule has 0 bridgehead atoms. The van der Waals surface area contributed by atoms with Crippen LogP contribution in [-0.4, -0.2) is 9.97 Å². The van der Waals surface area contributed by atoms with Gasteiger partial charge in [0.05, 0.1) is 5.58 Å². The van der Waals surface area contributed by atoms with Gasteiger partial charge in [-0.05, 0) is 40.7 Å². The second-order valence-electron chi connectivity index (χ2n) is 9.80. The van der Waals surface area contributed by atoms with Crippen LogP contribution in [0.15, 0.2) is 132 Å². The summed E-state index contributed by atoms with van der Waals surface area (Å²) in [5.41, 5.74) is 9.38. The van der Waals surface area contributed by atoms with Gasteiger partial charge in [0.1, 0.15) is 5.58 Å². The maximum absolute atomic E-state index is 5.97. The summed E-state index contributed by atoms with van der Waals surface area (Å²) in [5, 5.41) is 2.23. The minimum atomic E-state index is 0. The number of aromatic nitrogens is 2. The summed E-state index contributed by atoms with van der Waals surface area (Å²) in [7, 11) is 0. The van der Waals surface area contributed by atoms with E-state index in [2.05, 4.69) is 96.6 Å². The van der Waals surface area contributed by atoms with Gasteiger partial charge in [-0.2, -0.15) is 0 Å². The summed E-state index contributed by atoms with van der Waals surface area (Å²) in [4.78, 5) is 8.86. The van der Waals surface area contributed by atoms with Gasteiger partial charge in [-0.15, -0.1) is 53.6 Å². The molecule has 0 amide bonds. The second-order valence-corrected chi connectivity index (χ2v) is 9.80. The number of aryl methyl sites for hydroxylation is 1. The van der Waals surface area contributed by atoms with Crippen molar-refractivity contribution in [3.63, 3.8) is 0 Å². The van der Waals surface area contributed by atoms with E-state index in [0.29, 0.717) is 5.92 Å². The molecule has 4 heteroatoms. The van der Waals surface area contributed by atoms with Crippen molar-refractivity contribution in [2.75, 3.05) is 0 Å². The Balaban J connectivity index is 0.000000161. The van der Waals surface area contributed by atoms with Crippen molar-refractivity contribution < 1.29 is 24.5 Å². The zero-order chi connectivity index (χ0) is 27.3. The predicted octanol–water partition coefficient (Wildman–Crippen LogP) is 9.45. The number of furan rings is 1. The van der Waals surface area contributed by atoms with Crippen molar-refractivity contribution in [2.24, 2.45) is 0 Å². The second kappa shape index (κ2) is 12.9. The van der Waals surface area contributed by atoms with Crippen molar-refractivity contribution in [3.8, 4) is 22.5 Å². The van der Waals surface area contributed by atoms with Gasteiger partial charge < -0.3 is 14.4 Å². The van der Waals surface area contributed by atoms with Crippen LogP contribution in [0.25, 0.3) is 44.5 Å². The van der Waals surface area contributed by atoms with Crippen molar-refractivity contribution in [3.05, 3.63) is 156 Å². The van der Waals surface area contributed by atoms with Gasteiger partial charge in [0.2, 0.25) is 0 Å². The monoisotopic (exact) mass is 709 g/mol. The van der Waals surface area contributed by atoms with Crippen LogP contribution in [0.4, 0.5) is 0 Å². The number of para-hydroxylation sites is 1. The number of hydrogen-bond donors (Lipinski definition) is 0. The fraction of sp³-hybridized carbons (Fsp3) is 0.0811. The molecule has 0 fully saturated rings. The summed E-state index contributed by atoms with van der Waals surface area (Å²) in [6.45, 7) is 4.30. The molecule has 3 heterocycles. The summed E-state index contributed by atoms with van der Waals surface area (Å²) >= 11 is 0. The molecular formula is C37H28IrN2O-2. The van der Waals surface area contributed by atoms with Crippen molar-refractivity contribution in [1.29, 1.82) is 0 Å². The van der Waals surface area contributed by atoms with Crippen LogP contribution in [0, 0.1) is 19.1 Å². The minimum absolute atomic E-state index is 0. The largest absolute Gasteiger partial charge is 0.501 e. The Morgan fingerprint density at radius 3 is 2.24 bits per heavy atom. The molecule has 1 radical (unpaired) electrons. The van der Waals surface area contributed by atoms with E-state index in [1.54, 1.807) is 6.20 Å². The van der Waals surface area contributed by atoms with E-state index < -0.39 is 0 Å². The number of pyridine rings is 2. The van der Waals surface area contributed by atoms with E-state index in [-0.39, 0.29) is 20.1 Å². The smallest absolute Gasteiger partial charge is 0.120 e. The van der Waals surface area contributed by atoms with E-state index in [9.17, 15) is 0 Å². The molecule has 3 aromatic heterocycles. The topological polar surface area (TPSA) is 38.9 Å². The first kappa shape index (κ1) is 28.2. The quantitative estimate of drug-likeness (QED) is 0.171. The standard InChI is InChI=1S/C20H18N.C17H10NO.Ir/c1-15-8-10-18(11-9-15)20-14-19(12-13-21-20)16(2)17-6-4-3-5-7-17;1-2-10-16-12(6-1)13-7-5-8-14(17(13)19-16)15-9-3-4-11-18-15;/h3-10,12-14,16H,1-2H3;1-7,9-11H;/q2*-1;. The van der Waals surface area contributed by atoms with Crippen LogP contribution in [0.5, 0.6) is 0 Å². The fourth-order valence-electron chi connectivity index (χ4n) is 4.85. The molecule has 7 rings (SSSR count). The summed E-state index contributed by atoms with van der Waals surface area (Å²) in [6, 6.07) is 45.4. The molecule has 3 nitrogen and oxygen atoms in total. The number of fused-ring (bicyclic) bond motifs is 3. The maximum Gasteiger partial charge on any atom is 0.120 e. The van der Waals surface area contributed by atoms with E-state index in [4.69, 9.17) is 4.42 Å². The van der Waals surface area contributed by atoms with Crippen LogP contribution in [0.2, 0.25) is 0 Å². The summed E-state index contributed by atoms with van der Waals surface area (Å²) in [5.74, 6) is 0.360. The fourth-order valence-corrected chi connectivity index (χ4v) is 4.85. The van der Waals surface area contributed by atoms with Gasteiger partial charge in [-0.1, -0.05) is 91.5 Å². The van der Waals surface area contributed by atoms with Gasteiger partial charge in [-0.3, -0.25) is 0 Å². The zero-order valence-electron chi connectivity index (χ0n) is 22.8. The average Bonchev–Trinajstić information content (AvgIpc) is 3.41. The third-order valence-electron chi connectivity index (χ3n) is 7.09. The first-order chi connectivity index (χ1) is 19.7. The van der Waals surface area contributed by atoms with Gasteiger partial charge >= 0.3 is 0 Å². The molecule has 0 saturated carbocycles. The molecule has 1 unspecified atom stereocenters. The van der Waals surface area contributed by atoms with Crippen molar-refractivity contribution in [2.45, 2.75) is 19.8 Å². The van der Waals surface area contributed by atoms with E-state index in [1.165, 1.54) is 16.7 Å². The number of benzene rings is 4. The Hall–Kier alpha value is -4.37. The number of rotatable bonds is 4. The number of nitrogens with zero attached hydrogens (tertiary/aromatic N) is 2. The molecule has 0 saturated heterocycles.